The number of aliphatic hydroxyl groups is 1. The van der Waals surface area contributed by atoms with Gasteiger partial charge in [0.25, 0.3) is 0 Å². The quantitative estimate of drug-likeness (QED) is 0.750. The van der Waals surface area contributed by atoms with E-state index in [4.69, 9.17) is 16.7 Å². The molecule has 1 aromatic carbocycles. The van der Waals surface area contributed by atoms with E-state index < -0.39 is 0 Å². The first kappa shape index (κ1) is 16.3. The molecule has 0 fully saturated rings. The summed E-state index contributed by atoms with van der Waals surface area (Å²) in [5, 5.41) is 9.52. The summed E-state index contributed by atoms with van der Waals surface area (Å²) in [5.74, 6) is 0.855. The zero-order valence-electron chi connectivity index (χ0n) is 11.1. The molecule has 5 heteroatoms. The monoisotopic (exact) mass is 301 g/mol. The molecule has 0 saturated heterocycles. The molecule has 1 rings (SSSR count). The van der Waals surface area contributed by atoms with Gasteiger partial charge in [0.2, 0.25) is 5.91 Å². The maximum Gasteiger partial charge on any atom is 0.223 e. The molecule has 1 aromatic rings. The lowest BCUT2D eigenvalue weighted by Crippen LogP contribution is -2.32. The molecular formula is C14H20ClNO2S. The minimum Gasteiger partial charge on any atom is -0.396 e. The number of halogens is 1. The molecule has 0 unspecified atom stereocenters. The Morgan fingerprint density at radius 2 is 2.16 bits per heavy atom. The van der Waals surface area contributed by atoms with Gasteiger partial charge in [-0.15, -0.1) is 11.8 Å². The van der Waals surface area contributed by atoms with Crippen LogP contribution in [0.5, 0.6) is 0 Å². The van der Waals surface area contributed by atoms with Gasteiger partial charge in [-0.1, -0.05) is 23.7 Å². The van der Waals surface area contributed by atoms with E-state index in [1.807, 2.05) is 31.2 Å². The average Bonchev–Trinajstić information content (AvgIpc) is 2.42. The van der Waals surface area contributed by atoms with Gasteiger partial charge in [0.15, 0.2) is 0 Å². The first-order valence-corrected chi connectivity index (χ1v) is 7.81. The molecule has 0 heterocycles. The molecule has 0 aliphatic heterocycles. The highest BCUT2D eigenvalue weighted by atomic mass is 35.5. The number of benzene rings is 1. The van der Waals surface area contributed by atoms with Crippen LogP contribution >= 0.6 is 23.4 Å². The van der Waals surface area contributed by atoms with Gasteiger partial charge in [-0.3, -0.25) is 4.79 Å². The van der Waals surface area contributed by atoms with Gasteiger partial charge in [-0.05, 0) is 25.5 Å². The second-order valence-corrected chi connectivity index (χ2v) is 5.62. The normalized spacial score (nSPS) is 10.5. The number of carbonyl (C=O) groups is 1. The minimum absolute atomic E-state index is 0.123. The zero-order chi connectivity index (χ0) is 14.1. The number of thioether (sulfide) groups is 1. The molecule has 0 radical (unpaired) electrons. The minimum atomic E-state index is 0.123. The average molecular weight is 302 g/mol. The Balaban J connectivity index is 2.35. The molecule has 1 N–H and O–H groups in total. The van der Waals surface area contributed by atoms with Gasteiger partial charge in [0.05, 0.1) is 5.02 Å². The Hall–Kier alpha value is -0.710. The number of hydrogen-bond acceptors (Lipinski definition) is 3. The fourth-order valence-electron chi connectivity index (χ4n) is 1.69. The van der Waals surface area contributed by atoms with Crippen LogP contribution in [0.3, 0.4) is 0 Å². The summed E-state index contributed by atoms with van der Waals surface area (Å²) >= 11 is 7.65. The second-order valence-electron chi connectivity index (χ2n) is 4.08. The third kappa shape index (κ3) is 5.85. The fourth-order valence-corrected chi connectivity index (χ4v) is 2.87. The van der Waals surface area contributed by atoms with Gasteiger partial charge in [0, 0.05) is 36.8 Å². The van der Waals surface area contributed by atoms with Crippen molar-refractivity contribution in [1.29, 1.82) is 0 Å². The van der Waals surface area contributed by atoms with E-state index in [9.17, 15) is 4.79 Å². The number of carbonyl (C=O) groups excluding carboxylic acids is 1. The lowest BCUT2D eigenvalue weighted by atomic mass is 10.3. The van der Waals surface area contributed by atoms with Crippen molar-refractivity contribution in [1.82, 2.24) is 4.90 Å². The summed E-state index contributed by atoms with van der Waals surface area (Å²) in [6, 6.07) is 7.65. The van der Waals surface area contributed by atoms with Crippen molar-refractivity contribution in [2.75, 3.05) is 25.4 Å². The summed E-state index contributed by atoms with van der Waals surface area (Å²) in [6.07, 6.45) is 1.13. The Kier molecular flexibility index (Phi) is 7.94. The molecule has 1 amide bonds. The second kappa shape index (κ2) is 9.23. The maximum absolute atomic E-state index is 12.0. The Bertz CT molecular complexity index is 401. The third-order valence-corrected chi connectivity index (χ3v) is 4.25. The molecule has 0 spiro atoms. The molecular weight excluding hydrogens is 282 g/mol. The van der Waals surface area contributed by atoms with Crippen molar-refractivity contribution in [2.24, 2.45) is 0 Å². The summed E-state index contributed by atoms with van der Waals surface area (Å²) in [7, 11) is 0. The largest absolute Gasteiger partial charge is 0.396 e. The SMILES string of the molecule is CCN(CCCO)C(=O)CCSc1ccccc1Cl. The van der Waals surface area contributed by atoms with Gasteiger partial charge >= 0.3 is 0 Å². The Morgan fingerprint density at radius 1 is 1.42 bits per heavy atom. The maximum atomic E-state index is 12.0. The smallest absolute Gasteiger partial charge is 0.223 e. The lowest BCUT2D eigenvalue weighted by Gasteiger charge is -2.20. The van der Waals surface area contributed by atoms with E-state index in [2.05, 4.69) is 0 Å². The highest BCUT2D eigenvalue weighted by molar-refractivity contribution is 7.99. The predicted octanol–water partition coefficient (Wildman–Crippen LogP) is 3.05. The van der Waals surface area contributed by atoms with E-state index >= 15 is 0 Å². The number of aliphatic hydroxyl groups excluding tert-OH is 1. The molecule has 0 saturated carbocycles. The topological polar surface area (TPSA) is 40.5 Å². The Morgan fingerprint density at radius 3 is 2.79 bits per heavy atom. The lowest BCUT2D eigenvalue weighted by molar-refractivity contribution is -0.130. The molecule has 0 aliphatic rings. The molecule has 0 aliphatic carbocycles. The van der Waals surface area contributed by atoms with E-state index in [1.165, 1.54) is 0 Å². The van der Waals surface area contributed by atoms with E-state index in [0.717, 1.165) is 15.7 Å². The van der Waals surface area contributed by atoms with Crippen molar-refractivity contribution in [3.63, 3.8) is 0 Å². The van der Waals surface area contributed by atoms with E-state index in [-0.39, 0.29) is 12.5 Å². The highest BCUT2D eigenvalue weighted by Crippen LogP contribution is 2.27. The first-order valence-electron chi connectivity index (χ1n) is 6.45. The summed E-state index contributed by atoms with van der Waals surface area (Å²) in [4.78, 5) is 14.7. The van der Waals surface area contributed by atoms with Crippen LogP contribution in [0.4, 0.5) is 0 Å². The number of amides is 1. The standard InChI is InChI=1S/C14H20ClNO2S/c1-2-16(9-5-10-17)14(18)8-11-19-13-7-4-3-6-12(13)15/h3-4,6-7,17H,2,5,8-11H2,1H3. The first-order chi connectivity index (χ1) is 9.19. The van der Waals surface area contributed by atoms with E-state index in [1.54, 1.807) is 16.7 Å². The van der Waals surface area contributed by atoms with Crippen molar-refractivity contribution in [2.45, 2.75) is 24.7 Å². The summed E-state index contributed by atoms with van der Waals surface area (Å²) in [5.41, 5.74) is 0. The summed E-state index contributed by atoms with van der Waals surface area (Å²) in [6.45, 7) is 3.40. The fraction of sp³-hybridized carbons (Fsp3) is 0.500. The number of hydrogen-bond donors (Lipinski definition) is 1. The van der Waals surface area contributed by atoms with Crippen LogP contribution in [0, 0.1) is 0 Å². The predicted molar refractivity (Wildman–Crippen MR) is 80.7 cm³/mol. The molecule has 3 nitrogen and oxygen atoms in total. The van der Waals surface area contributed by atoms with Crippen LogP contribution in [-0.2, 0) is 4.79 Å². The van der Waals surface area contributed by atoms with Crippen LogP contribution in [-0.4, -0.2) is 41.4 Å². The Labute approximate surface area is 123 Å². The zero-order valence-corrected chi connectivity index (χ0v) is 12.7. The van der Waals surface area contributed by atoms with Crippen LogP contribution < -0.4 is 0 Å². The van der Waals surface area contributed by atoms with Gasteiger partial charge < -0.3 is 10.0 Å². The molecule has 0 atom stereocenters. The van der Waals surface area contributed by atoms with Crippen LogP contribution in [0.25, 0.3) is 0 Å². The van der Waals surface area contributed by atoms with Crippen molar-refractivity contribution in [3.05, 3.63) is 29.3 Å². The van der Waals surface area contributed by atoms with Gasteiger partial charge in [-0.25, -0.2) is 0 Å². The van der Waals surface area contributed by atoms with Gasteiger partial charge in [0.1, 0.15) is 0 Å². The highest BCUT2D eigenvalue weighted by Gasteiger charge is 2.11. The van der Waals surface area contributed by atoms with Crippen molar-refractivity contribution < 1.29 is 9.90 Å². The van der Waals surface area contributed by atoms with E-state index in [0.29, 0.717) is 25.9 Å². The third-order valence-electron chi connectivity index (χ3n) is 2.73. The number of nitrogens with zero attached hydrogens (tertiary/aromatic N) is 1. The van der Waals surface area contributed by atoms with Crippen LogP contribution in [0.1, 0.15) is 19.8 Å². The van der Waals surface area contributed by atoms with Crippen LogP contribution in [0.2, 0.25) is 5.02 Å². The van der Waals surface area contributed by atoms with Crippen molar-refractivity contribution in [3.8, 4) is 0 Å². The number of rotatable bonds is 8. The molecule has 0 aromatic heterocycles. The summed E-state index contributed by atoms with van der Waals surface area (Å²) < 4.78 is 0. The molecule has 106 valence electrons. The van der Waals surface area contributed by atoms with Crippen molar-refractivity contribution >= 4 is 29.3 Å². The van der Waals surface area contributed by atoms with Crippen LogP contribution in [0.15, 0.2) is 29.2 Å². The molecule has 19 heavy (non-hydrogen) atoms. The molecule has 0 bridgehead atoms. The van der Waals surface area contributed by atoms with Gasteiger partial charge in [-0.2, -0.15) is 0 Å².